The molecular weight excluding hydrogens is 396 g/mol. The highest BCUT2D eigenvalue weighted by atomic mass is 35.5. The molecule has 3 rings (SSSR count). The van der Waals surface area contributed by atoms with Crippen molar-refractivity contribution in [2.75, 3.05) is 12.3 Å². The van der Waals surface area contributed by atoms with Gasteiger partial charge in [0.05, 0.1) is 12.0 Å². The topological polar surface area (TPSA) is 95.4 Å². The largest absolute Gasteiger partial charge is 0.413 e. The van der Waals surface area contributed by atoms with Crippen LogP contribution in [-0.2, 0) is 9.16 Å². The minimum Gasteiger partial charge on any atom is -0.413 e. The number of fused-ring (bicyclic) bond motifs is 1. The molecule has 3 heterocycles. The van der Waals surface area contributed by atoms with Gasteiger partial charge in [-0.1, -0.05) is 26.7 Å². The first kappa shape index (κ1) is 21.1. The molecule has 7 nitrogen and oxygen atoms in total. The van der Waals surface area contributed by atoms with Crippen LogP contribution in [0.25, 0.3) is 11.0 Å². The van der Waals surface area contributed by atoms with Crippen LogP contribution in [0.5, 0.6) is 0 Å². The number of terminal acetylenes is 1. The van der Waals surface area contributed by atoms with Crippen LogP contribution in [0.3, 0.4) is 0 Å². The first-order valence-electron chi connectivity index (χ1n) is 9.17. The summed E-state index contributed by atoms with van der Waals surface area (Å²) in [4.78, 5) is 8.22. The van der Waals surface area contributed by atoms with Crippen LogP contribution in [0.1, 0.15) is 33.4 Å². The summed E-state index contributed by atoms with van der Waals surface area (Å²) in [5.41, 5.74) is 5.24. The lowest BCUT2D eigenvalue weighted by atomic mass is 9.99. The summed E-state index contributed by atoms with van der Waals surface area (Å²) < 4.78 is 14.2. The second kappa shape index (κ2) is 7.01. The summed E-state index contributed by atoms with van der Waals surface area (Å²) in [6, 6.07) is 1.79. The lowest BCUT2D eigenvalue weighted by molar-refractivity contribution is -0.0862. The Morgan fingerprint density at radius 1 is 1.50 bits per heavy atom. The summed E-state index contributed by atoms with van der Waals surface area (Å²) in [7, 11) is -2.06. The first-order valence-corrected chi connectivity index (χ1v) is 12.5. The number of nitrogens with two attached hydrogens (primary N) is 1. The molecule has 0 spiro atoms. The summed E-state index contributed by atoms with van der Waals surface area (Å²) in [5.74, 6) is 2.93. The molecule has 3 N–H and O–H groups in total. The monoisotopic (exact) mass is 422 g/mol. The smallest absolute Gasteiger partial charge is 0.226 e. The van der Waals surface area contributed by atoms with E-state index in [4.69, 9.17) is 32.9 Å². The number of nitrogen functional groups attached to an aromatic ring is 1. The van der Waals surface area contributed by atoms with Gasteiger partial charge in [-0.05, 0) is 35.8 Å². The van der Waals surface area contributed by atoms with Crippen molar-refractivity contribution >= 4 is 36.8 Å². The molecule has 0 unspecified atom stereocenters. The van der Waals surface area contributed by atoms with Crippen molar-refractivity contribution in [1.29, 1.82) is 0 Å². The van der Waals surface area contributed by atoms with Crippen molar-refractivity contribution in [3.8, 4) is 12.3 Å². The molecule has 0 bridgehead atoms. The Morgan fingerprint density at radius 3 is 2.79 bits per heavy atom. The fraction of sp³-hybridized carbons (Fsp3) is 0.579. The van der Waals surface area contributed by atoms with E-state index >= 15 is 0 Å². The second-order valence-corrected chi connectivity index (χ2v) is 13.9. The highest BCUT2D eigenvalue weighted by Crippen LogP contribution is 2.42. The number of rotatable bonds is 4. The third-order valence-corrected chi connectivity index (χ3v) is 10.5. The SMILES string of the molecule is C#C[C@]1(CO[Si](C)(C)C(C)(C)C)O[C@@H](n2ccc3c(N)nc(Cl)nc32)C[C@@H]1O. The zero-order valence-electron chi connectivity index (χ0n) is 16.9. The van der Waals surface area contributed by atoms with Gasteiger partial charge < -0.3 is 24.6 Å². The van der Waals surface area contributed by atoms with Crippen LogP contribution >= 0.6 is 11.6 Å². The Balaban J connectivity index is 1.88. The summed E-state index contributed by atoms with van der Waals surface area (Å²) in [6.07, 6.45) is 6.49. The van der Waals surface area contributed by atoms with Gasteiger partial charge >= 0.3 is 0 Å². The molecule has 1 fully saturated rings. The normalized spacial score (nSPS) is 25.9. The summed E-state index contributed by atoms with van der Waals surface area (Å²) >= 11 is 5.96. The molecule has 3 atom stereocenters. The molecule has 9 heteroatoms. The van der Waals surface area contributed by atoms with E-state index in [-0.39, 0.29) is 22.7 Å². The Bertz CT molecular complexity index is 934. The molecule has 0 aromatic carbocycles. The average Bonchev–Trinajstić information content (AvgIpc) is 3.14. The Hall–Kier alpha value is -1.63. The van der Waals surface area contributed by atoms with E-state index in [0.717, 1.165) is 0 Å². The van der Waals surface area contributed by atoms with Crippen LogP contribution in [-0.4, -0.2) is 46.3 Å². The predicted octanol–water partition coefficient (Wildman–Crippen LogP) is 3.34. The van der Waals surface area contributed by atoms with Crippen molar-refractivity contribution in [3.63, 3.8) is 0 Å². The van der Waals surface area contributed by atoms with Crippen molar-refractivity contribution in [3.05, 3.63) is 17.5 Å². The number of nitrogens with zero attached hydrogens (tertiary/aromatic N) is 3. The van der Waals surface area contributed by atoms with Crippen molar-refractivity contribution < 1.29 is 14.3 Å². The van der Waals surface area contributed by atoms with Crippen LogP contribution < -0.4 is 5.73 Å². The maximum atomic E-state index is 10.8. The average molecular weight is 423 g/mol. The molecule has 0 radical (unpaired) electrons. The van der Waals surface area contributed by atoms with Crippen LogP contribution in [0.4, 0.5) is 5.82 Å². The molecular formula is C19H27ClN4O3Si. The van der Waals surface area contributed by atoms with E-state index in [1.54, 1.807) is 16.8 Å². The van der Waals surface area contributed by atoms with Gasteiger partial charge in [0, 0.05) is 12.6 Å². The second-order valence-electron chi connectivity index (χ2n) is 8.74. The maximum Gasteiger partial charge on any atom is 0.226 e. The van der Waals surface area contributed by atoms with E-state index in [1.807, 2.05) is 0 Å². The molecule has 0 saturated carbocycles. The highest BCUT2D eigenvalue weighted by Gasteiger charge is 2.50. The number of hydrogen-bond acceptors (Lipinski definition) is 6. The Labute approximate surface area is 171 Å². The van der Waals surface area contributed by atoms with Crippen LogP contribution in [0, 0.1) is 12.3 Å². The molecule has 152 valence electrons. The van der Waals surface area contributed by atoms with Gasteiger partial charge in [0.15, 0.2) is 13.9 Å². The van der Waals surface area contributed by atoms with Gasteiger partial charge in [0.2, 0.25) is 5.28 Å². The lowest BCUT2D eigenvalue weighted by Crippen LogP contribution is -2.49. The van der Waals surface area contributed by atoms with E-state index in [9.17, 15) is 5.11 Å². The molecule has 0 aliphatic carbocycles. The van der Waals surface area contributed by atoms with E-state index in [0.29, 0.717) is 17.5 Å². The molecule has 1 saturated heterocycles. The third kappa shape index (κ3) is 3.53. The Kier molecular flexibility index (Phi) is 5.28. The quantitative estimate of drug-likeness (QED) is 0.445. The van der Waals surface area contributed by atoms with Gasteiger partial charge in [-0.3, -0.25) is 0 Å². The fourth-order valence-corrected chi connectivity index (χ4v) is 4.17. The van der Waals surface area contributed by atoms with Gasteiger partial charge in [0.1, 0.15) is 23.8 Å². The third-order valence-electron chi connectivity index (χ3n) is 5.89. The van der Waals surface area contributed by atoms with Crippen LogP contribution in [0.2, 0.25) is 23.4 Å². The number of ether oxygens (including phenoxy) is 1. The summed E-state index contributed by atoms with van der Waals surface area (Å²) in [6.45, 7) is 10.9. The Morgan fingerprint density at radius 2 is 2.18 bits per heavy atom. The molecule has 1 aliphatic rings. The molecule has 2 aromatic heterocycles. The lowest BCUT2D eigenvalue weighted by Gasteiger charge is -2.39. The van der Waals surface area contributed by atoms with Crippen molar-refractivity contribution in [2.24, 2.45) is 0 Å². The van der Waals surface area contributed by atoms with Gasteiger partial charge in [-0.25, -0.2) is 4.98 Å². The number of anilines is 1. The summed E-state index contributed by atoms with van der Waals surface area (Å²) in [5, 5.41) is 11.5. The molecule has 1 aliphatic heterocycles. The zero-order chi connectivity index (χ0) is 20.9. The van der Waals surface area contributed by atoms with E-state index in [2.05, 4.69) is 49.8 Å². The number of aromatic nitrogens is 3. The highest BCUT2D eigenvalue weighted by molar-refractivity contribution is 6.74. The fourth-order valence-electron chi connectivity index (χ4n) is 2.99. The maximum absolute atomic E-state index is 10.8. The van der Waals surface area contributed by atoms with Crippen LogP contribution in [0.15, 0.2) is 12.3 Å². The van der Waals surface area contributed by atoms with Crippen molar-refractivity contribution in [2.45, 2.75) is 63.3 Å². The van der Waals surface area contributed by atoms with Gasteiger partial charge in [-0.15, -0.1) is 6.42 Å². The minimum atomic E-state index is -2.06. The van der Waals surface area contributed by atoms with E-state index < -0.39 is 26.3 Å². The predicted molar refractivity (Wildman–Crippen MR) is 112 cm³/mol. The minimum absolute atomic E-state index is 0.0214. The number of halogens is 1. The zero-order valence-corrected chi connectivity index (χ0v) is 18.6. The van der Waals surface area contributed by atoms with E-state index in [1.165, 1.54) is 0 Å². The standard InChI is InChI=1S/C19H27ClN4O3Si/c1-7-19(11-26-28(5,6)18(2,3)4)13(25)10-14(27-19)24-9-8-12-15(21)22-17(20)23-16(12)24/h1,8-9,13-14,25H,10-11H2,2-6H3,(H2,21,22,23)/t13-,14+,19+/m0/s1. The molecule has 28 heavy (non-hydrogen) atoms. The number of hydrogen-bond donors (Lipinski definition) is 2. The van der Waals surface area contributed by atoms with Gasteiger partial charge in [-0.2, -0.15) is 4.98 Å². The van der Waals surface area contributed by atoms with Gasteiger partial charge in [0.25, 0.3) is 0 Å². The number of aliphatic hydroxyl groups excluding tert-OH is 1. The number of aliphatic hydroxyl groups is 1. The molecule has 0 amide bonds. The van der Waals surface area contributed by atoms with Crippen molar-refractivity contribution in [1.82, 2.24) is 14.5 Å². The molecule has 2 aromatic rings. The first-order chi connectivity index (χ1) is 12.9.